The number of nitrogens with zero attached hydrogens (tertiary/aromatic N) is 1. The van der Waals surface area contributed by atoms with E-state index in [0.29, 0.717) is 31.2 Å². The van der Waals surface area contributed by atoms with Crippen molar-refractivity contribution in [2.24, 2.45) is 0 Å². The Hall–Kier alpha value is -1.19. The van der Waals surface area contributed by atoms with Crippen LogP contribution in [0.4, 0.5) is 0 Å². The minimum Gasteiger partial charge on any atom is -0.384 e. The van der Waals surface area contributed by atoms with E-state index in [9.17, 15) is 9.90 Å². The van der Waals surface area contributed by atoms with Crippen LogP contribution in [-0.2, 0) is 10.4 Å². The van der Waals surface area contributed by atoms with E-state index in [0.717, 1.165) is 18.4 Å². The van der Waals surface area contributed by atoms with Crippen molar-refractivity contribution >= 4 is 5.78 Å². The lowest BCUT2D eigenvalue weighted by Crippen LogP contribution is -2.43. The molecule has 1 fully saturated rings. The van der Waals surface area contributed by atoms with Crippen LogP contribution in [0.3, 0.4) is 0 Å². The van der Waals surface area contributed by atoms with Gasteiger partial charge in [0.2, 0.25) is 0 Å². The van der Waals surface area contributed by atoms with E-state index in [-0.39, 0.29) is 0 Å². The third-order valence-corrected chi connectivity index (χ3v) is 4.09. The first-order valence-corrected chi connectivity index (χ1v) is 6.99. The summed E-state index contributed by atoms with van der Waals surface area (Å²) in [4.78, 5) is 13.5. The minimum absolute atomic E-state index is 0.375. The Kier molecular flexibility index (Phi) is 4.38. The van der Waals surface area contributed by atoms with Crippen LogP contribution in [0.5, 0.6) is 0 Å². The molecule has 0 bridgehead atoms. The van der Waals surface area contributed by atoms with E-state index in [1.165, 1.54) is 0 Å². The van der Waals surface area contributed by atoms with Gasteiger partial charge in [0.25, 0.3) is 0 Å². The lowest BCUT2D eigenvalue weighted by Gasteiger charge is -2.36. The van der Waals surface area contributed by atoms with Crippen LogP contribution >= 0.6 is 0 Å². The number of carbonyl (C=O) groups excluding carboxylic acids is 1. The first-order valence-electron chi connectivity index (χ1n) is 6.99. The minimum atomic E-state index is -0.850. The normalized spacial score (nSPS) is 20.5. The molecular formula is C16H23NO2. The molecule has 0 aliphatic heterocycles. The Bertz CT molecular complexity index is 418. The van der Waals surface area contributed by atoms with E-state index in [2.05, 4.69) is 4.90 Å². The van der Waals surface area contributed by atoms with Gasteiger partial charge in [-0.3, -0.25) is 4.79 Å². The van der Waals surface area contributed by atoms with Crippen LogP contribution in [0.25, 0.3) is 0 Å². The Morgan fingerprint density at radius 1 is 1.26 bits per heavy atom. The number of Topliss-reactive ketones (excluding diaryl/α,β-unsaturated/α-hetero) is 1. The summed E-state index contributed by atoms with van der Waals surface area (Å²) in [5, 5.41) is 10.6. The highest BCUT2D eigenvalue weighted by Gasteiger charge is 2.29. The zero-order valence-corrected chi connectivity index (χ0v) is 11.8. The first kappa shape index (κ1) is 14.2. The molecule has 1 aliphatic carbocycles. The Morgan fingerprint density at radius 2 is 1.84 bits per heavy atom. The van der Waals surface area contributed by atoms with Gasteiger partial charge in [-0.05, 0) is 32.4 Å². The van der Waals surface area contributed by atoms with Gasteiger partial charge in [0.1, 0.15) is 5.78 Å². The van der Waals surface area contributed by atoms with Gasteiger partial charge in [-0.2, -0.15) is 0 Å². The van der Waals surface area contributed by atoms with Crippen molar-refractivity contribution in [1.82, 2.24) is 4.90 Å². The van der Waals surface area contributed by atoms with Crippen LogP contribution in [0, 0.1) is 0 Å². The second-order valence-corrected chi connectivity index (χ2v) is 5.82. The fourth-order valence-electron chi connectivity index (χ4n) is 2.87. The van der Waals surface area contributed by atoms with Crippen molar-refractivity contribution in [3.05, 3.63) is 35.9 Å². The second kappa shape index (κ2) is 5.85. The molecule has 2 rings (SSSR count). The Labute approximate surface area is 115 Å². The molecule has 3 nitrogen and oxygen atoms in total. The lowest BCUT2D eigenvalue weighted by molar-refractivity contribution is -0.121. The van der Waals surface area contributed by atoms with Gasteiger partial charge in [-0.1, -0.05) is 30.3 Å². The first-order chi connectivity index (χ1) is 8.99. The van der Waals surface area contributed by atoms with Gasteiger partial charge in [0, 0.05) is 25.4 Å². The predicted molar refractivity (Wildman–Crippen MR) is 75.9 cm³/mol. The van der Waals surface area contributed by atoms with Gasteiger partial charge in [-0.25, -0.2) is 0 Å². The second-order valence-electron chi connectivity index (χ2n) is 5.82. The largest absolute Gasteiger partial charge is 0.384 e. The van der Waals surface area contributed by atoms with E-state index in [4.69, 9.17) is 0 Å². The molecule has 19 heavy (non-hydrogen) atoms. The Morgan fingerprint density at radius 3 is 2.42 bits per heavy atom. The summed E-state index contributed by atoms with van der Waals surface area (Å²) in [7, 11) is 2.04. The van der Waals surface area contributed by atoms with Gasteiger partial charge in [-0.15, -0.1) is 0 Å². The molecule has 3 heteroatoms. The van der Waals surface area contributed by atoms with Gasteiger partial charge in [0.05, 0.1) is 5.60 Å². The van der Waals surface area contributed by atoms with Crippen LogP contribution in [0.2, 0.25) is 0 Å². The van der Waals surface area contributed by atoms with Crippen LogP contribution in [0.15, 0.2) is 30.3 Å². The molecule has 0 spiro atoms. The van der Waals surface area contributed by atoms with E-state index >= 15 is 0 Å². The number of aliphatic hydroxyl groups is 1. The molecule has 104 valence electrons. The highest BCUT2D eigenvalue weighted by atomic mass is 16.3. The standard InChI is InChI=1S/C16H23NO2/c1-16(19,13-6-4-3-5-7-13)12-17(2)14-8-10-15(18)11-9-14/h3-7,14,19H,8-12H2,1-2H3. The van der Waals surface area contributed by atoms with Gasteiger partial charge >= 0.3 is 0 Å². The van der Waals surface area contributed by atoms with Crippen molar-refractivity contribution in [2.45, 2.75) is 44.2 Å². The summed E-state index contributed by atoms with van der Waals surface area (Å²) in [6, 6.07) is 10.2. The molecule has 0 amide bonds. The van der Waals surface area contributed by atoms with Crippen molar-refractivity contribution in [3.63, 3.8) is 0 Å². The maximum absolute atomic E-state index is 11.3. The molecule has 0 aromatic heterocycles. The maximum atomic E-state index is 11.3. The molecule has 1 aromatic rings. The molecular weight excluding hydrogens is 238 g/mol. The zero-order chi connectivity index (χ0) is 13.9. The highest BCUT2D eigenvalue weighted by molar-refractivity contribution is 5.79. The number of benzene rings is 1. The summed E-state index contributed by atoms with van der Waals surface area (Å²) in [5.41, 5.74) is 0.0889. The number of carbonyl (C=O) groups is 1. The molecule has 1 aliphatic rings. The SMILES string of the molecule is CN(CC(C)(O)c1ccccc1)C1CCC(=O)CC1. The zero-order valence-electron chi connectivity index (χ0n) is 11.8. The van der Waals surface area contributed by atoms with Crippen LogP contribution < -0.4 is 0 Å². The number of hydrogen-bond donors (Lipinski definition) is 1. The van der Waals surface area contributed by atoms with Crippen molar-refractivity contribution in [3.8, 4) is 0 Å². The molecule has 1 unspecified atom stereocenters. The topological polar surface area (TPSA) is 40.5 Å². The summed E-state index contributed by atoms with van der Waals surface area (Å²) in [5.74, 6) is 0.375. The molecule has 0 radical (unpaired) electrons. The van der Waals surface area contributed by atoms with Crippen molar-refractivity contribution in [1.29, 1.82) is 0 Å². The molecule has 0 heterocycles. The van der Waals surface area contributed by atoms with Crippen LogP contribution in [-0.4, -0.2) is 35.4 Å². The van der Waals surface area contributed by atoms with Gasteiger partial charge in [0.15, 0.2) is 0 Å². The van der Waals surface area contributed by atoms with Gasteiger partial charge < -0.3 is 10.0 Å². The molecule has 1 saturated carbocycles. The summed E-state index contributed by atoms with van der Waals surface area (Å²) < 4.78 is 0. The number of rotatable bonds is 4. The quantitative estimate of drug-likeness (QED) is 0.904. The highest BCUT2D eigenvalue weighted by Crippen LogP contribution is 2.25. The summed E-state index contributed by atoms with van der Waals surface area (Å²) >= 11 is 0. The molecule has 0 saturated heterocycles. The maximum Gasteiger partial charge on any atom is 0.133 e. The number of ketones is 1. The third kappa shape index (κ3) is 3.64. The third-order valence-electron chi connectivity index (χ3n) is 4.09. The number of hydrogen-bond acceptors (Lipinski definition) is 3. The summed E-state index contributed by atoms with van der Waals surface area (Å²) in [6.45, 7) is 2.45. The van der Waals surface area contributed by atoms with E-state index < -0.39 is 5.60 Å². The lowest BCUT2D eigenvalue weighted by atomic mass is 9.90. The fraction of sp³-hybridized carbons (Fsp3) is 0.562. The molecule has 1 aromatic carbocycles. The van der Waals surface area contributed by atoms with Crippen molar-refractivity contribution in [2.75, 3.05) is 13.6 Å². The predicted octanol–water partition coefficient (Wildman–Crippen LogP) is 2.34. The molecule has 1 atom stereocenters. The van der Waals surface area contributed by atoms with Crippen LogP contribution in [0.1, 0.15) is 38.2 Å². The van der Waals surface area contributed by atoms with E-state index in [1.807, 2.05) is 44.3 Å². The Balaban J connectivity index is 1.98. The number of likely N-dealkylation sites (N-methyl/N-ethyl adjacent to an activating group) is 1. The fourth-order valence-corrected chi connectivity index (χ4v) is 2.87. The van der Waals surface area contributed by atoms with Crippen molar-refractivity contribution < 1.29 is 9.90 Å². The summed E-state index contributed by atoms with van der Waals surface area (Å²) in [6.07, 6.45) is 3.20. The monoisotopic (exact) mass is 261 g/mol. The van der Waals surface area contributed by atoms with E-state index in [1.54, 1.807) is 0 Å². The average molecular weight is 261 g/mol. The smallest absolute Gasteiger partial charge is 0.133 e. The molecule has 1 N–H and O–H groups in total. The average Bonchev–Trinajstić information content (AvgIpc) is 2.40.